The Labute approximate surface area is 115 Å². The Morgan fingerprint density at radius 1 is 1.21 bits per heavy atom. The Morgan fingerprint density at radius 2 is 1.89 bits per heavy atom. The highest BCUT2D eigenvalue weighted by Crippen LogP contribution is 2.28. The topological polar surface area (TPSA) is 49.4 Å². The van der Waals surface area contributed by atoms with Crippen molar-refractivity contribution in [1.29, 1.82) is 0 Å². The monoisotopic (exact) mass is 266 g/mol. The third kappa shape index (κ3) is 3.48. The lowest BCUT2D eigenvalue weighted by Gasteiger charge is -2.36. The number of hydrogen-bond acceptors (Lipinski definition) is 2. The molecule has 1 unspecified atom stereocenters. The van der Waals surface area contributed by atoms with E-state index in [1.165, 1.54) is 12.8 Å². The molecule has 1 N–H and O–H groups in total. The summed E-state index contributed by atoms with van der Waals surface area (Å²) in [6, 6.07) is 0.0649. The van der Waals surface area contributed by atoms with Crippen molar-refractivity contribution in [2.24, 2.45) is 5.92 Å². The van der Waals surface area contributed by atoms with Crippen LogP contribution in [0.15, 0.2) is 0 Å². The van der Waals surface area contributed by atoms with Crippen LogP contribution in [0.3, 0.4) is 0 Å². The van der Waals surface area contributed by atoms with Gasteiger partial charge in [0.1, 0.15) is 6.04 Å². The molecule has 2 aliphatic rings. The minimum Gasteiger partial charge on any atom is -0.344 e. The first-order valence-corrected chi connectivity index (χ1v) is 7.71. The van der Waals surface area contributed by atoms with Crippen molar-refractivity contribution in [2.45, 2.75) is 70.9 Å². The lowest BCUT2D eigenvalue weighted by molar-refractivity contribution is -0.136. The van der Waals surface area contributed by atoms with Crippen LogP contribution in [0.4, 0.5) is 0 Å². The van der Waals surface area contributed by atoms with E-state index in [0.717, 1.165) is 31.6 Å². The van der Waals surface area contributed by atoms with Crippen molar-refractivity contribution < 1.29 is 9.59 Å². The molecule has 1 aliphatic heterocycles. The molecule has 2 fully saturated rings. The standard InChI is InChI=1S/C15H26N2O2/c1-3-4-13-15(19)17(10-9-14(18)16-13)12-7-5-11(2)6-8-12/h11-13H,3-10H2,1-2H3,(H,16,18). The summed E-state index contributed by atoms with van der Waals surface area (Å²) in [5, 5.41) is 2.88. The normalized spacial score (nSPS) is 32.9. The first kappa shape index (κ1) is 14.4. The van der Waals surface area contributed by atoms with Crippen molar-refractivity contribution in [3.05, 3.63) is 0 Å². The third-order valence-electron chi connectivity index (χ3n) is 4.50. The molecule has 2 amide bonds. The Kier molecular flexibility index (Phi) is 4.83. The largest absolute Gasteiger partial charge is 0.344 e. The molecule has 0 bridgehead atoms. The highest BCUT2D eigenvalue weighted by atomic mass is 16.2. The molecule has 1 aliphatic carbocycles. The smallest absolute Gasteiger partial charge is 0.245 e. The Balaban J connectivity index is 2.05. The number of nitrogens with one attached hydrogen (secondary N) is 1. The SMILES string of the molecule is CCCC1NC(=O)CCN(C2CCC(C)CC2)C1=O. The van der Waals surface area contributed by atoms with E-state index < -0.39 is 0 Å². The molecular weight excluding hydrogens is 240 g/mol. The van der Waals surface area contributed by atoms with Crippen LogP contribution in [-0.2, 0) is 9.59 Å². The molecule has 0 aromatic carbocycles. The molecule has 4 nitrogen and oxygen atoms in total. The summed E-state index contributed by atoms with van der Waals surface area (Å²) in [5.74, 6) is 0.954. The molecule has 4 heteroatoms. The van der Waals surface area contributed by atoms with Crippen molar-refractivity contribution in [2.75, 3.05) is 6.54 Å². The van der Waals surface area contributed by atoms with E-state index >= 15 is 0 Å². The van der Waals surface area contributed by atoms with E-state index in [2.05, 4.69) is 19.2 Å². The predicted octanol–water partition coefficient (Wildman–Crippen LogP) is 2.08. The van der Waals surface area contributed by atoms with Gasteiger partial charge in [-0.15, -0.1) is 0 Å². The first-order chi connectivity index (χ1) is 9.11. The van der Waals surface area contributed by atoms with Crippen LogP contribution in [0.1, 0.15) is 58.8 Å². The maximum Gasteiger partial charge on any atom is 0.245 e. The van der Waals surface area contributed by atoms with Crippen molar-refractivity contribution >= 4 is 11.8 Å². The van der Waals surface area contributed by atoms with E-state index in [0.29, 0.717) is 19.0 Å². The van der Waals surface area contributed by atoms with Gasteiger partial charge in [0.05, 0.1) is 0 Å². The van der Waals surface area contributed by atoms with E-state index in [1.807, 2.05) is 4.90 Å². The van der Waals surface area contributed by atoms with Gasteiger partial charge < -0.3 is 10.2 Å². The highest BCUT2D eigenvalue weighted by molar-refractivity contribution is 5.90. The molecule has 2 rings (SSSR count). The van der Waals surface area contributed by atoms with Gasteiger partial charge in [0.15, 0.2) is 0 Å². The summed E-state index contributed by atoms with van der Waals surface area (Å²) in [7, 11) is 0. The van der Waals surface area contributed by atoms with E-state index in [-0.39, 0.29) is 17.9 Å². The van der Waals surface area contributed by atoms with Gasteiger partial charge in [-0.05, 0) is 38.0 Å². The molecule has 1 heterocycles. The molecule has 1 saturated heterocycles. The fraction of sp³-hybridized carbons (Fsp3) is 0.867. The minimum absolute atomic E-state index is 0.0264. The summed E-state index contributed by atoms with van der Waals surface area (Å²) in [5.41, 5.74) is 0. The number of carbonyl (C=O) groups excluding carboxylic acids is 2. The Morgan fingerprint density at radius 3 is 2.53 bits per heavy atom. The number of carbonyl (C=O) groups is 2. The van der Waals surface area contributed by atoms with Gasteiger partial charge in [-0.25, -0.2) is 0 Å². The quantitative estimate of drug-likeness (QED) is 0.850. The Bertz CT molecular complexity index is 335. The average Bonchev–Trinajstić information content (AvgIpc) is 2.52. The van der Waals surface area contributed by atoms with E-state index in [1.54, 1.807) is 0 Å². The molecule has 0 radical (unpaired) electrons. The molecule has 0 spiro atoms. The van der Waals surface area contributed by atoms with Gasteiger partial charge in [0.2, 0.25) is 11.8 Å². The van der Waals surface area contributed by atoms with E-state index in [9.17, 15) is 9.59 Å². The number of hydrogen-bond donors (Lipinski definition) is 1. The molecule has 1 atom stereocenters. The molecule has 19 heavy (non-hydrogen) atoms. The van der Waals surface area contributed by atoms with Crippen molar-refractivity contribution in [1.82, 2.24) is 10.2 Å². The van der Waals surface area contributed by atoms with E-state index in [4.69, 9.17) is 0 Å². The first-order valence-electron chi connectivity index (χ1n) is 7.71. The number of amides is 2. The van der Waals surface area contributed by atoms with Crippen molar-refractivity contribution in [3.8, 4) is 0 Å². The highest BCUT2D eigenvalue weighted by Gasteiger charge is 2.34. The van der Waals surface area contributed by atoms with Gasteiger partial charge in [-0.2, -0.15) is 0 Å². The summed E-state index contributed by atoms with van der Waals surface area (Å²) >= 11 is 0. The predicted molar refractivity (Wildman–Crippen MR) is 74.6 cm³/mol. The lowest BCUT2D eigenvalue weighted by atomic mass is 9.86. The second-order valence-corrected chi connectivity index (χ2v) is 6.10. The molecule has 0 aromatic heterocycles. The van der Waals surface area contributed by atoms with Crippen molar-refractivity contribution in [3.63, 3.8) is 0 Å². The number of rotatable bonds is 3. The summed E-state index contributed by atoms with van der Waals surface area (Å²) < 4.78 is 0. The lowest BCUT2D eigenvalue weighted by Crippen LogP contribution is -2.49. The minimum atomic E-state index is -0.292. The van der Waals surface area contributed by atoms with Gasteiger partial charge in [-0.1, -0.05) is 20.3 Å². The maximum atomic E-state index is 12.6. The van der Waals surface area contributed by atoms with Gasteiger partial charge >= 0.3 is 0 Å². The fourth-order valence-electron chi connectivity index (χ4n) is 3.26. The van der Waals surface area contributed by atoms with Crippen LogP contribution < -0.4 is 5.32 Å². The number of nitrogens with zero attached hydrogens (tertiary/aromatic N) is 1. The van der Waals surface area contributed by atoms with Crippen LogP contribution in [-0.4, -0.2) is 35.3 Å². The van der Waals surface area contributed by atoms with Crippen LogP contribution in [0.2, 0.25) is 0 Å². The second kappa shape index (κ2) is 6.40. The fourth-order valence-corrected chi connectivity index (χ4v) is 3.26. The maximum absolute atomic E-state index is 12.6. The molecule has 108 valence electrons. The van der Waals surface area contributed by atoms with Gasteiger partial charge in [0, 0.05) is 19.0 Å². The molecule has 1 saturated carbocycles. The summed E-state index contributed by atoms with van der Waals surface area (Å²) in [6.07, 6.45) is 6.73. The zero-order valence-corrected chi connectivity index (χ0v) is 12.2. The summed E-state index contributed by atoms with van der Waals surface area (Å²) in [4.78, 5) is 26.3. The molecule has 0 aromatic rings. The van der Waals surface area contributed by atoms with Crippen LogP contribution in [0.25, 0.3) is 0 Å². The second-order valence-electron chi connectivity index (χ2n) is 6.10. The van der Waals surface area contributed by atoms with Crippen LogP contribution in [0.5, 0.6) is 0 Å². The third-order valence-corrected chi connectivity index (χ3v) is 4.50. The van der Waals surface area contributed by atoms with Gasteiger partial charge in [-0.3, -0.25) is 9.59 Å². The van der Waals surface area contributed by atoms with Gasteiger partial charge in [0.25, 0.3) is 0 Å². The van der Waals surface area contributed by atoms with Crippen LogP contribution >= 0.6 is 0 Å². The average molecular weight is 266 g/mol. The Hall–Kier alpha value is -1.06. The molecular formula is C15H26N2O2. The zero-order valence-electron chi connectivity index (χ0n) is 12.2. The summed E-state index contributed by atoms with van der Waals surface area (Å²) in [6.45, 7) is 4.94. The zero-order chi connectivity index (χ0) is 13.8. The van der Waals surface area contributed by atoms with Crippen LogP contribution in [0, 0.1) is 5.92 Å².